The van der Waals surface area contributed by atoms with Crippen LogP contribution in [0.5, 0.6) is 0 Å². The Bertz CT molecular complexity index is 1070. The standard InChI is InChI=1S/C24H29N5O3S/c1-3-24(32-2)7-10-28(11-8-24)17-4-5-21-20(12-17)19(6-9-26-21)23(31)27-14-22(30)29-16-33-15-18(29)13-25/h4-6,9,12,18H,3,7-8,10-11,14-16H2,1-2H3,(H,27,31)/t18-/m1/s1. The molecule has 8 nitrogen and oxygen atoms in total. The van der Waals surface area contributed by atoms with Crippen LogP contribution in [-0.4, -0.2) is 71.7 Å². The molecule has 3 heterocycles. The highest BCUT2D eigenvalue weighted by molar-refractivity contribution is 7.99. The van der Waals surface area contributed by atoms with E-state index in [-0.39, 0.29) is 24.0 Å². The van der Waals surface area contributed by atoms with Gasteiger partial charge in [0.15, 0.2) is 0 Å². The molecule has 1 aromatic heterocycles. The summed E-state index contributed by atoms with van der Waals surface area (Å²) < 4.78 is 5.79. The van der Waals surface area contributed by atoms with Crippen molar-refractivity contribution in [1.29, 1.82) is 5.26 Å². The van der Waals surface area contributed by atoms with Gasteiger partial charge in [0.2, 0.25) is 5.91 Å². The van der Waals surface area contributed by atoms with Gasteiger partial charge in [-0.25, -0.2) is 0 Å². The van der Waals surface area contributed by atoms with Crippen LogP contribution in [0.3, 0.4) is 0 Å². The topological polar surface area (TPSA) is 98.6 Å². The van der Waals surface area contributed by atoms with E-state index in [1.54, 1.807) is 31.1 Å². The van der Waals surface area contributed by atoms with Crippen LogP contribution in [0, 0.1) is 11.3 Å². The van der Waals surface area contributed by atoms with E-state index in [9.17, 15) is 14.9 Å². The molecule has 0 saturated carbocycles. The average Bonchev–Trinajstić information content (AvgIpc) is 3.35. The molecule has 2 saturated heterocycles. The minimum atomic E-state index is -0.433. The number of thioether (sulfide) groups is 1. The SMILES string of the molecule is CCC1(OC)CCN(c2ccc3nccc(C(=O)NCC(=O)N4CSC[C@H]4C#N)c3c2)CC1. The number of ether oxygens (including phenoxy) is 1. The number of nitrogens with zero attached hydrogens (tertiary/aromatic N) is 4. The lowest BCUT2D eigenvalue weighted by Crippen LogP contribution is -2.45. The minimum absolute atomic E-state index is 0.0507. The number of methoxy groups -OCH3 is 1. The minimum Gasteiger partial charge on any atom is -0.378 e. The highest BCUT2D eigenvalue weighted by Crippen LogP contribution is 2.32. The Kier molecular flexibility index (Phi) is 7.05. The Hall–Kier alpha value is -2.83. The van der Waals surface area contributed by atoms with Crippen molar-refractivity contribution < 1.29 is 14.3 Å². The lowest BCUT2D eigenvalue weighted by Gasteiger charge is -2.41. The Morgan fingerprint density at radius 1 is 1.33 bits per heavy atom. The maximum Gasteiger partial charge on any atom is 0.252 e. The summed E-state index contributed by atoms with van der Waals surface area (Å²) in [5, 5.41) is 12.7. The maximum atomic E-state index is 13.0. The molecule has 1 aromatic carbocycles. The molecular weight excluding hydrogens is 438 g/mol. The van der Waals surface area contributed by atoms with E-state index in [0.717, 1.165) is 48.9 Å². The molecule has 0 aliphatic carbocycles. The van der Waals surface area contributed by atoms with E-state index in [1.807, 2.05) is 18.2 Å². The van der Waals surface area contributed by atoms with Crippen LogP contribution in [0.25, 0.3) is 10.9 Å². The van der Waals surface area contributed by atoms with Crippen molar-refractivity contribution in [2.24, 2.45) is 0 Å². The number of carbonyl (C=O) groups is 2. The van der Waals surface area contributed by atoms with Gasteiger partial charge >= 0.3 is 0 Å². The number of anilines is 1. The van der Waals surface area contributed by atoms with Crippen molar-refractivity contribution in [2.75, 3.05) is 43.3 Å². The Morgan fingerprint density at radius 3 is 2.82 bits per heavy atom. The predicted octanol–water partition coefficient (Wildman–Crippen LogP) is 2.79. The first kappa shape index (κ1) is 23.3. The number of hydrogen-bond donors (Lipinski definition) is 1. The number of hydrogen-bond acceptors (Lipinski definition) is 7. The molecule has 2 fully saturated rings. The predicted molar refractivity (Wildman–Crippen MR) is 129 cm³/mol. The summed E-state index contributed by atoms with van der Waals surface area (Å²) in [6.45, 7) is 3.80. The van der Waals surface area contributed by atoms with E-state index >= 15 is 0 Å². The fraction of sp³-hybridized carbons (Fsp3) is 0.500. The average molecular weight is 468 g/mol. The van der Waals surface area contributed by atoms with Gasteiger partial charge in [0.05, 0.1) is 35.2 Å². The van der Waals surface area contributed by atoms with Crippen molar-refractivity contribution in [3.05, 3.63) is 36.0 Å². The molecule has 2 aliphatic rings. The van der Waals surface area contributed by atoms with Crippen LogP contribution >= 0.6 is 11.8 Å². The number of benzene rings is 1. The third-order valence-corrected chi connectivity index (χ3v) is 7.85. The molecule has 2 amide bonds. The van der Waals surface area contributed by atoms with E-state index in [2.05, 4.69) is 28.2 Å². The zero-order valence-electron chi connectivity index (χ0n) is 19.0. The Morgan fingerprint density at radius 2 is 2.12 bits per heavy atom. The van der Waals surface area contributed by atoms with Crippen LogP contribution in [0.2, 0.25) is 0 Å². The fourth-order valence-electron chi connectivity index (χ4n) is 4.55. The van der Waals surface area contributed by atoms with Crippen molar-refractivity contribution in [3.8, 4) is 6.07 Å². The van der Waals surface area contributed by atoms with Gasteiger partial charge in [-0.1, -0.05) is 6.92 Å². The maximum absolute atomic E-state index is 13.0. The largest absolute Gasteiger partial charge is 0.378 e. The molecule has 1 atom stereocenters. The van der Waals surface area contributed by atoms with Gasteiger partial charge in [-0.3, -0.25) is 14.6 Å². The van der Waals surface area contributed by atoms with Crippen LogP contribution < -0.4 is 10.2 Å². The normalized spacial score (nSPS) is 20.0. The van der Waals surface area contributed by atoms with Gasteiger partial charge in [0.25, 0.3) is 5.91 Å². The number of rotatable bonds is 6. The molecule has 4 rings (SSSR count). The third-order valence-electron chi connectivity index (χ3n) is 6.84. The van der Waals surface area contributed by atoms with Crippen LogP contribution in [0.1, 0.15) is 36.5 Å². The molecule has 33 heavy (non-hydrogen) atoms. The Labute approximate surface area is 198 Å². The van der Waals surface area contributed by atoms with Gasteiger partial charge in [0.1, 0.15) is 6.04 Å². The second-order valence-electron chi connectivity index (χ2n) is 8.48. The van der Waals surface area contributed by atoms with E-state index in [0.29, 0.717) is 17.2 Å². The third kappa shape index (κ3) is 4.77. The molecule has 0 spiro atoms. The molecule has 0 unspecified atom stereocenters. The van der Waals surface area contributed by atoms with E-state index < -0.39 is 6.04 Å². The molecule has 2 aromatic rings. The van der Waals surface area contributed by atoms with Gasteiger partial charge in [-0.05, 0) is 43.5 Å². The number of fused-ring (bicyclic) bond motifs is 1. The van der Waals surface area contributed by atoms with E-state index in [1.165, 1.54) is 4.90 Å². The zero-order valence-corrected chi connectivity index (χ0v) is 19.9. The van der Waals surface area contributed by atoms with Gasteiger partial charge < -0.3 is 19.9 Å². The quantitative estimate of drug-likeness (QED) is 0.697. The molecule has 0 bridgehead atoms. The second-order valence-corrected chi connectivity index (χ2v) is 9.48. The number of pyridine rings is 1. The summed E-state index contributed by atoms with van der Waals surface area (Å²) in [6, 6.07) is 9.37. The smallest absolute Gasteiger partial charge is 0.252 e. The first-order valence-corrected chi connectivity index (χ1v) is 12.4. The summed E-state index contributed by atoms with van der Waals surface area (Å²) in [5.41, 5.74) is 2.21. The summed E-state index contributed by atoms with van der Waals surface area (Å²) in [6.07, 6.45) is 4.52. The molecule has 0 radical (unpaired) electrons. The number of amides is 2. The van der Waals surface area contributed by atoms with Gasteiger partial charge in [0, 0.05) is 43.2 Å². The fourth-order valence-corrected chi connectivity index (χ4v) is 5.66. The molecule has 174 valence electrons. The molecular formula is C24H29N5O3S. The first-order chi connectivity index (χ1) is 16.0. The zero-order chi connectivity index (χ0) is 23.4. The lowest BCUT2D eigenvalue weighted by molar-refractivity contribution is -0.129. The van der Waals surface area contributed by atoms with Crippen molar-refractivity contribution in [2.45, 2.75) is 37.8 Å². The van der Waals surface area contributed by atoms with Gasteiger partial charge in [-0.2, -0.15) is 5.26 Å². The van der Waals surface area contributed by atoms with Crippen molar-refractivity contribution in [3.63, 3.8) is 0 Å². The summed E-state index contributed by atoms with van der Waals surface area (Å²) in [5.74, 6) is 0.516. The Balaban J connectivity index is 1.48. The van der Waals surface area contributed by atoms with Crippen LogP contribution in [-0.2, 0) is 9.53 Å². The van der Waals surface area contributed by atoms with Crippen LogP contribution in [0.15, 0.2) is 30.5 Å². The highest BCUT2D eigenvalue weighted by atomic mass is 32.2. The summed E-state index contributed by atoms with van der Waals surface area (Å²) in [7, 11) is 1.79. The van der Waals surface area contributed by atoms with E-state index in [4.69, 9.17) is 4.74 Å². The monoisotopic (exact) mass is 467 g/mol. The van der Waals surface area contributed by atoms with Crippen LogP contribution in [0.4, 0.5) is 5.69 Å². The second kappa shape index (κ2) is 9.98. The highest BCUT2D eigenvalue weighted by Gasteiger charge is 2.33. The summed E-state index contributed by atoms with van der Waals surface area (Å²) >= 11 is 1.54. The summed E-state index contributed by atoms with van der Waals surface area (Å²) in [4.78, 5) is 33.7. The molecule has 2 aliphatic heterocycles. The number of nitrogens with one attached hydrogen (secondary N) is 1. The lowest BCUT2D eigenvalue weighted by atomic mass is 9.88. The number of piperidine rings is 1. The van der Waals surface area contributed by atoms with Crippen molar-refractivity contribution >= 4 is 40.2 Å². The van der Waals surface area contributed by atoms with Gasteiger partial charge in [-0.15, -0.1) is 11.8 Å². The number of carbonyl (C=O) groups excluding carboxylic acids is 2. The number of nitriles is 1. The molecule has 9 heteroatoms. The molecule has 1 N–H and O–H groups in total. The van der Waals surface area contributed by atoms with Crippen molar-refractivity contribution in [1.82, 2.24) is 15.2 Å². The number of aromatic nitrogens is 1. The first-order valence-electron chi connectivity index (χ1n) is 11.2.